The van der Waals surface area contributed by atoms with E-state index in [2.05, 4.69) is 70.4 Å². The average Bonchev–Trinajstić information content (AvgIpc) is 3.31. The zero-order chi connectivity index (χ0) is 17.6. The summed E-state index contributed by atoms with van der Waals surface area (Å²) in [6.07, 6.45) is 4.27. The standard InChI is InChI=1S/C19H29N5O/c1-14-11-23(12-15(14)2)18-21-20-17(16-7-5-9-22(16)4)24(18)13-19(3)8-6-10-25-19/h5,7,9,14-15H,6,8,10-13H2,1-4H3. The van der Waals surface area contributed by atoms with Crippen LogP contribution in [0, 0.1) is 11.8 Å². The molecule has 0 amide bonds. The Labute approximate surface area is 149 Å². The Balaban J connectivity index is 1.74. The largest absolute Gasteiger partial charge is 0.373 e. The van der Waals surface area contributed by atoms with Gasteiger partial charge in [-0.25, -0.2) is 0 Å². The Morgan fingerprint density at radius 2 is 2.00 bits per heavy atom. The number of nitrogens with zero attached hydrogens (tertiary/aromatic N) is 5. The van der Waals surface area contributed by atoms with Crippen molar-refractivity contribution in [1.29, 1.82) is 0 Å². The summed E-state index contributed by atoms with van der Waals surface area (Å²) in [6.45, 7) is 10.6. The molecule has 2 aliphatic heterocycles. The van der Waals surface area contributed by atoms with E-state index in [0.717, 1.165) is 56.5 Å². The minimum atomic E-state index is -0.131. The van der Waals surface area contributed by atoms with E-state index in [-0.39, 0.29) is 5.60 Å². The van der Waals surface area contributed by atoms with Crippen molar-refractivity contribution >= 4 is 5.95 Å². The van der Waals surface area contributed by atoms with Crippen LogP contribution in [0.5, 0.6) is 0 Å². The van der Waals surface area contributed by atoms with Crippen molar-refractivity contribution < 1.29 is 4.74 Å². The van der Waals surface area contributed by atoms with Crippen molar-refractivity contribution in [2.24, 2.45) is 18.9 Å². The number of ether oxygens (including phenoxy) is 1. The van der Waals surface area contributed by atoms with Crippen LogP contribution in [0.1, 0.15) is 33.6 Å². The first-order chi connectivity index (χ1) is 12.0. The molecule has 2 fully saturated rings. The topological polar surface area (TPSA) is 48.1 Å². The minimum Gasteiger partial charge on any atom is -0.373 e. The van der Waals surface area contributed by atoms with Crippen LogP contribution in [-0.4, -0.2) is 44.6 Å². The maximum atomic E-state index is 6.07. The second-order valence-corrected chi connectivity index (χ2v) is 8.18. The Morgan fingerprint density at radius 1 is 1.24 bits per heavy atom. The Hall–Kier alpha value is -1.82. The molecule has 4 rings (SSSR count). The molecule has 6 heteroatoms. The normalized spacial score (nSPS) is 29.7. The summed E-state index contributed by atoms with van der Waals surface area (Å²) >= 11 is 0. The van der Waals surface area contributed by atoms with E-state index in [9.17, 15) is 0 Å². The molecular weight excluding hydrogens is 314 g/mol. The van der Waals surface area contributed by atoms with Gasteiger partial charge in [0.15, 0.2) is 5.82 Å². The molecule has 25 heavy (non-hydrogen) atoms. The Bertz CT molecular complexity index is 733. The van der Waals surface area contributed by atoms with Crippen LogP contribution in [0.2, 0.25) is 0 Å². The van der Waals surface area contributed by atoms with Crippen LogP contribution in [0.3, 0.4) is 0 Å². The molecule has 0 N–H and O–H groups in total. The third-order valence-corrected chi connectivity index (χ3v) is 5.97. The molecule has 2 aliphatic rings. The van der Waals surface area contributed by atoms with Gasteiger partial charge < -0.3 is 14.2 Å². The van der Waals surface area contributed by atoms with Crippen molar-refractivity contribution in [2.45, 2.75) is 45.8 Å². The van der Waals surface area contributed by atoms with Gasteiger partial charge in [-0.1, -0.05) is 13.8 Å². The average molecular weight is 343 g/mol. The highest BCUT2D eigenvalue weighted by molar-refractivity contribution is 5.54. The van der Waals surface area contributed by atoms with Crippen LogP contribution < -0.4 is 4.90 Å². The van der Waals surface area contributed by atoms with E-state index >= 15 is 0 Å². The monoisotopic (exact) mass is 343 g/mol. The van der Waals surface area contributed by atoms with Crippen LogP contribution >= 0.6 is 0 Å². The van der Waals surface area contributed by atoms with E-state index in [4.69, 9.17) is 4.74 Å². The predicted molar refractivity (Wildman–Crippen MR) is 98.6 cm³/mol. The highest BCUT2D eigenvalue weighted by Crippen LogP contribution is 2.34. The lowest BCUT2D eigenvalue weighted by atomic mass is 10.0. The second kappa shape index (κ2) is 6.16. The molecule has 0 aromatic carbocycles. The van der Waals surface area contributed by atoms with E-state index in [1.54, 1.807) is 0 Å². The van der Waals surface area contributed by atoms with Crippen molar-refractivity contribution in [1.82, 2.24) is 19.3 Å². The Kier molecular flexibility index (Phi) is 4.10. The fraction of sp³-hybridized carbons (Fsp3) is 0.684. The molecular formula is C19H29N5O. The molecule has 3 atom stereocenters. The lowest BCUT2D eigenvalue weighted by Gasteiger charge is -2.27. The third kappa shape index (κ3) is 2.97. The molecule has 2 saturated heterocycles. The maximum absolute atomic E-state index is 6.07. The van der Waals surface area contributed by atoms with Crippen LogP contribution in [-0.2, 0) is 18.3 Å². The predicted octanol–water partition coefficient (Wildman–Crippen LogP) is 2.94. The van der Waals surface area contributed by atoms with Gasteiger partial charge in [-0.15, -0.1) is 10.2 Å². The number of anilines is 1. The van der Waals surface area contributed by atoms with E-state index in [1.807, 2.05) is 0 Å². The number of hydrogen-bond donors (Lipinski definition) is 0. The van der Waals surface area contributed by atoms with Crippen LogP contribution in [0.4, 0.5) is 5.95 Å². The quantitative estimate of drug-likeness (QED) is 0.856. The van der Waals surface area contributed by atoms with Gasteiger partial charge in [-0.05, 0) is 43.7 Å². The highest BCUT2D eigenvalue weighted by atomic mass is 16.5. The summed E-state index contributed by atoms with van der Waals surface area (Å²) in [6, 6.07) is 4.17. The Morgan fingerprint density at radius 3 is 2.60 bits per heavy atom. The van der Waals surface area contributed by atoms with Crippen molar-refractivity contribution in [3.8, 4) is 11.5 Å². The SMILES string of the molecule is CC1CN(c2nnc(-c3cccn3C)n2CC2(C)CCCO2)CC1C. The summed E-state index contributed by atoms with van der Waals surface area (Å²) in [7, 11) is 2.06. The first-order valence-electron chi connectivity index (χ1n) is 9.41. The van der Waals surface area contributed by atoms with Gasteiger partial charge in [0, 0.05) is 32.9 Å². The van der Waals surface area contributed by atoms with Gasteiger partial charge in [0.05, 0.1) is 17.8 Å². The second-order valence-electron chi connectivity index (χ2n) is 8.18. The molecule has 0 radical (unpaired) electrons. The molecule has 136 valence electrons. The zero-order valence-electron chi connectivity index (χ0n) is 15.8. The summed E-state index contributed by atoms with van der Waals surface area (Å²) in [5.41, 5.74) is 0.967. The van der Waals surface area contributed by atoms with Gasteiger partial charge in [0.1, 0.15) is 0 Å². The number of aromatic nitrogens is 4. The zero-order valence-corrected chi connectivity index (χ0v) is 15.8. The smallest absolute Gasteiger partial charge is 0.227 e. The first-order valence-corrected chi connectivity index (χ1v) is 9.41. The first kappa shape index (κ1) is 16.6. The number of aryl methyl sites for hydroxylation is 1. The minimum absolute atomic E-state index is 0.131. The van der Waals surface area contributed by atoms with E-state index in [1.165, 1.54) is 0 Å². The fourth-order valence-corrected chi connectivity index (χ4v) is 4.15. The third-order valence-electron chi connectivity index (χ3n) is 5.97. The van der Waals surface area contributed by atoms with Gasteiger partial charge in [0.25, 0.3) is 0 Å². The fourth-order valence-electron chi connectivity index (χ4n) is 4.15. The molecule has 6 nitrogen and oxygen atoms in total. The summed E-state index contributed by atoms with van der Waals surface area (Å²) in [4.78, 5) is 2.40. The lowest BCUT2D eigenvalue weighted by Crippen LogP contribution is -2.33. The highest BCUT2D eigenvalue weighted by Gasteiger charge is 2.35. The molecule has 0 aliphatic carbocycles. The van der Waals surface area contributed by atoms with Gasteiger partial charge in [0.2, 0.25) is 5.95 Å². The van der Waals surface area contributed by atoms with Crippen molar-refractivity contribution in [2.75, 3.05) is 24.6 Å². The molecule has 0 spiro atoms. The molecule has 2 aromatic heterocycles. The van der Waals surface area contributed by atoms with Gasteiger partial charge >= 0.3 is 0 Å². The number of hydrogen-bond acceptors (Lipinski definition) is 4. The molecule has 2 aromatic rings. The molecule has 3 unspecified atom stereocenters. The molecule has 4 heterocycles. The molecule has 0 bridgehead atoms. The van der Waals surface area contributed by atoms with Crippen molar-refractivity contribution in [3.63, 3.8) is 0 Å². The van der Waals surface area contributed by atoms with Gasteiger partial charge in [-0.2, -0.15) is 0 Å². The van der Waals surface area contributed by atoms with E-state index in [0.29, 0.717) is 11.8 Å². The van der Waals surface area contributed by atoms with Gasteiger partial charge in [-0.3, -0.25) is 4.57 Å². The summed E-state index contributed by atoms with van der Waals surface area (Å²) in [5.74, 6) is 3.29. The summed E-state index contributed by atoms with van der Waals surface area (Å²) in [5, 5.41) is 9.19. The molecule has 0 saturated carbocycles. The lowest BCUT2D eigenvalue weighted by molar-refractivity contribution is 0.00675. The van der Waals surface area contributed by atoms with Crippen molar-refractivity contribution in [3.05, 3.63) is 18.3 Å². The van der Waals surface area contributed by atoms with Crippen LogP contribution in [0.25, 0.3) is 11.5 Å². The number of rotatable bonds is 4. The van der Waals surface area contributed by atoms with E-state index < -0.39 is 0 Å². The van der Waals surface area contributed by atoms with Crippen LogP contribution in [0.15, 0.2) is 18.3 Å². The maximum Gasteiger partial charge on any atom is 0.227 e. The summed E-state index contributed by atoms with van der Waals surface area (Å²) < 4.78 is 10.5.